The van der Waals surface area contributed by atoms with Gasteiger partial charge in [0, 0.05) is 0 Å². The van der Waals surface area contributed by atoms with Gasteiger partial charge >= 0.3 is 80.8 Å². The van der Waals surface area contributed by atoms with E-state index in [1.165, 1.54) is 0 Å². The van der Waals surface area contributed by atoms with Gasteiger partial charge < -0.3 is 9.84 Å². The minimum absolute atomic E-state index is 0. The summed E-state index contributed by atoms with van der Waals surface area (Å²) >= 11 is 0. The molecular formula is C16H23CsO7S. The fraction of sp³-hybridized carbons (Fsp3) is 0.500. The Morgan fingerprint density at radius 3 is 2.28 bits per heavy atom. The molecule has 1 atom stereocenters. The Labute approximate surface area is 206 Å². The van der Waals surface area contributed by atoms with Crippen molar-refractivity contribution < 1.29 is 32.4 Å². The molecule has 0 bridgehead atoms. The summed E-state index contributed by atoms with van der Waals surface area (Å²) in [5.41, 5.74) is -0.727. The van der Waals surface area contributed by atoms with Crippen LogP contribution in [0, 0.1) is 0 Å². The SMILES string of the molecule is CCCCC(CCC)OC(=O)c1ccc(C(=O)O)cc1S(=O)(=O)O.[CsH]. The Balaban J connectivity index is 0.00000576. The molecule has 0 fully saturated rings. The zero-order chi connectivity index (χ0) is 18.3. The van der Waals surface area contributed by atoms with Crippen molar-refractivity contribution in [2.45, 2.75) is 57.0 Å². The number of esters is 1. The van der Waals surface area contributed by atoms with Crippen molar-refractivity contribution in [2.75, 3.05) is 0 Å². The second kappa shape index (κ2) is 11.8. The topological polar surface area (TPSA) is 118 Å². The van der Waals surface area contributed by atoms with Gasteiger partial charge in [-0.1, -0.05) is 33.1 Å². The van der Waals surface area contributed by atoms with E-state index < -0.39 is 27.0 Å². The third-order valence-electron chi connectivity index (χ3n) is 3.49. The van der Waals surface area contributed by atoms with Crippen molar-refractivity contribution >= 4 is 91.0 Å². The standard InChI is InChI=1S/C16H22O7S.Cs.H/c1-3-5-7-12(6-4-2)23-16(19)13-9-8-11(15(17)18)10-14(13)24(20,21)22;;/h8-10,12H,3-7H2,1-2H3,(H,17,18)(H,20,21,22);;. The summed E-state index contributed by atoms with van der Waals surface area (Å²) in [6.07, 6.45) is 3.54. The van der Waals surface area contributed by atoms with Crippen molar-refractivity contribution in [1.82, 2.24) is 0 Å². The third kappa shape index (κ3) is 8.12. The van der Waals surface area contributed by atoms with Crippen molar-refractivity contribution in [3.8, 4) is 0 Å². The number of hydrogen-bond donors (Lipinski definition) is 2. The van der Waals surface area contributed by atoms with Crippen molar-refractivity contribution in [3.63, 3.8) is 0 Å². The van der Waals surface area contributed by atoms with E-state index in [9.17, 15) is 22.6 Å². The summed E-state index contributed by atoms with van der Waals surface area (Å²) in [5, 5.41) is 8.92. The van der Waals surface area contributed by atoms with E-state index >= 15 is 0 Å². The number of rotatable bonds is 9. The molecule has 1 aromatic carbocycles. The van der Waals surface area contributed by atoms with Crippen LogP contribution in [0.5, 0.6) is 0 Å². The first kappa shape index (κ1) is 25.1. The van der Waals surface area contributed by atoms with Crippen molar-refractivity contribution in [1.29, 1.82) is 0 Å². The van der Waals surface area contributed by atoms with Gasteiger partial charge in [0.15, 0.2) is 0 Å². The van der Waals surface area contributed by atoms with E-state index in [2.05, 4.69) is 0 Å². The van der Waals surface area contributed by atoms with Crippen LogP contribution in [-0.2, 0) is 14.9 Å². The van der Waals surface area contributed by atoms with Crippen LogP contribution in [0.2, 0.25) is 0 Å². The molecule has 0 saturated carbocycles. The van der Waals surface area contributed by atoms with Gasteiger partial charge in [-0.25, -0.2) is 9.59 Å². The predicted octanol–water partition coefficient (Wildman–Crippen LogP) is 2.50. The molecule has 0 saturated heterocycles. The summed E-state index contributed by atoms with van der Waals surface area (Å²) in [6.45, 7) is 3.95. The van der Waals surface area contributed by atoms with E-state index in [1.54, 1.807) is 0 Å². The molecule has 1 unspecified atom stereocenters. The molecule has 0 aliphatic rings. The monoisotopic (exact) mass is 492 g/mol. The predicted molar refractivity (Wildman–Crippen MR) is 94.0 cm³/mol. The second-order valence-corrected chi connectivity index (χ2v) is 6.84. The van der Waals surface area contributed by atoms with E-state index in [-0.39, 0.29) is 86.1 Å². The Kier molecular flexibility index (Phi) is 11.8. The molecule has 136 valence electrons. The first-order chi connectivity index (χ1) is 11.2. The van der Waals surface area contributed by atoms with Crippen LogP contribution in [-0.4, -0.2) is 105 Å². The van der Waals surface area contributed by atoms with Gasteiger partial charge in [-0.2, -0.15) is 8.42 Å². The second-order valence-electron chi connectivity index (χ2n) is 5.45. The van der Waals surface area contributed by atoms with Crippen molar-refractivity contribution in [3.05, 3.63) is 29.3 Å². The third-order valence-corrected chi connectivity index (χ3v) is 4.38. The number of aromatic carboxylic acids is 1. The fourth-order valence-corrected chi connectivity index (χ4v) is 2.97. The van der Waals surface area contributed by atoms with Crippen LogP contribution < -0.4 is 0 Å². The molecule has 0 spiro atoms. The Morgan fingerprint density at radius 2 is 1.80 bits per heavy atom. The van der Waals surface area contributed by atoms with Gasteiger partial charge in [-0.05, 0) is 31.0 Å². The number of carbonyl (C=O) groups excluding carboxylic acids is 1. The summed E-state index contributed by atoms with van der Waals surface area (Å²) in [5.74, 6) is -2.26. The van der Waals surface area contributed by atoms with Gasteiger partial charge in [0.05, 0.1) is 11.1 Å². The van der Waals surface area contributed by atoms with Crippen LogP contribution in [0.3, 0.4) is 0 Å². The summed E-state index contributed by atoms with van der Waals surface area (Å²) in [4.78, 5) is 22.5. The van der Waals surface area contributed by atoms with Gasteiger partial charge in [0.1, 0.15) is 11.0 Å². The Morgan fingerprint density at radius 1 is 1.16 bits per heavy atom. The fourth-order valence-electron chi connectivity index (χ4n) is 2.27. The summed E-state index contributed by atoms with van der Waals surface area (Å²) in [7, 11) is -4.76. The molecule has 7 nitrogen and oxygen atoms in total. The number of carboxylic acids is 1. The zero-order valence-electron chi connectivity index (χ0n) is 13.7. The van der Waals surface area contributed by atoms with Crippen molar-refractivity contribution in [2.24, 2.45) is 0 Å². The van der Waals surface area contributed by atoms with Crippen LogP contribution >= 0.6 is 0 Å². The number of ether oxygens (including phenoxy) is 1. The average Bonchev–Trinajstić information content (AvgIpc) is 2.51. The Hall–Kier alpha value is 0.122. The molecule has 0 radical (unpaired) electrons. The van der Waals surface area contributed by atoms with E-state index in [1.807, 2.05) is 13.8 Å². The number of hydrogen-bond acceptors (Lipinski definition) is 5. The molecule has 0 aliphatic carbocycles. The van der Waals surface area contributed by atoms with E-state index in [0.29, 0.717) is 12.8 Å². The maximum atomic E-state index is 12.3. The maximum absolute atomic E-state index is 12.3. The number of benzene rings is 1. The molecular weight excluding hydrogens is 469 g/mol. The molecule has 0 aliphatic heterocycles. The van der Waals surface area contributed by atoms with Crippen LogP contribution in [0.25, 0.3) is 0 Å². The van der Waals surface area contributed by atoms with E-state index in [4.69, 9.17) is 9.84 Å². The molecule has 25 heavy (non-hydrogen) atoms. The zero-order valence-corrected chi connectivity index (χ0v) is 14.5. The summed E-state index contributed by atoms with van der Waals surface area (Å²) < 4.78 is 37.6. The molecule has 9 heteroatoms. The van der Waals surface area contributed by atoms with Gasteiger partial charge in [-0.15, -0.1) is 0 Å². The molecule has 1 aromatic rings. The van der Waals surface area contributed by atoms with E-state index in [0.717, 1.165) is 37.5 Å². The van der Waals surface area contributed by atoms with Crippen LogP contribution in [0.1, 0.15) is 66.7 Å². The van der Waals surface area contributed by atoms with Gasteiger partial charge in [-0.3, -0.25) is 4.55 Å². The molecule has 0 amide bonds. The first-order valence-corrected chi connectivity index (χ1v) is 9.20. The molecule has 1 rings (SSSR count). The quantitative estimate of drug-likeness (QED) is 0.402. The molecule has 0 heterocycles. The molecule has 2 N–H and O–H groups in total. The van der Waals surface area contributed by atoms with Crippen LogP contribution in [0.4, 0.5) is 0 Å². The number of carbonyl (C=O) groups is 2. The minimum atomic E-state index is -4.76. The Bertz CT molecular complexity index is 700. The first-order valence-electron chi connectivity index (χ1n) is 7.76. The normalized spacial score (nSPS) is 12.1. The van der Waals surface area contributed by atoms with Crippen LogP contribution in [0.15, 0.2) is 23.1 Å². The van der Waals surface area contributed by atoms with Gasteiger partial charge in [0.2, 0.25) is 0 Å². The molecule has 0 aromatic heterocycles. The average molecular weight is 492 g/mol. The van der Waals surface area contributed by atoms with Gasteiger partial charge in [0.25, 0.3) is 10.1 Å². The number of unbranched alkanes of at least 4 members (excludes halogenated alkanes) is 1. The summed E-state index contributed by atoms with van der Waals surface area (Å²) in [6, 6.07) is 2.88. The number of carboxylic acid groups (broad SMARTS) is 1.